The minimum absolute atomic E-state index is 0.0106. The van der Waals surface area contributed by atoms with Crippen LogP contribution < -0.4 is 4.90 Å². The molecule has 0 bridgehead atoms. The van der Waals surface area contributed by atoms with Crippen molar-refractivity contribution in [2.45, 2.75) is 19.3 Å². The SMILES string of the molecule is CC1(C)c2sc3ccccc3c2N(c2ccccc2)c2c1sc1ccccc21. The Morgan fingerprint density at radius 1 is 0.607 bits per heavy atom. The van der Waals surface area contributed by atoms with Gasteiger partial charge in [-0.1, -0.05) is 54.6 Å². The molecule has 0 amide bonds. The minimum Gasteiger partial charge on any atom is -0.307 e. The topological polar surface area (TPSA) is 3.24 Å². The Balaban J connectivity index is 1.80. The normalized spacial score (nSPS) is 15.0. The summed E-state index contributed by atoms with van der Waals surface area (Å²) in [4.78, 5) is 5.42. The summed E-state index contributed by atoms with van der Waals surface area (Å²) in [5, 5.41) is 2.70. The van der Waals surface area contributed by atoms with Gasteiger partial charge >= 0.3 is 0 Å². The van der Waals surface area contributed by atoms with Crippen LogP contribution in [0.2, 0.25) is 0 Å². The molecular formula is C25H19NS2. The second kappa shape index (κ2) is 5.69. The van der Waals surface area contributed by atoms with Gasteiger partial charge in [0.25, 0.3) is 0 Å². The average molecular weight is 398 g/mol. The highest BCUT2D eigenvalue weighted by atomic mass is 32.1. The molecule has 6 rings (SSSR count). The molecule has 0 fully saturated rings. The number of para-hydroxylation sites is 1. The van der Waals surface area contributed by atoms with Crippen LogP contribution >= 0.6 is 22.7 Å². The summed E-state index contributed by atoms with van der Waals surface area (Å²) in [5.41, 5.74) is 3.93. The molecule has 3 heterocycles. The lowest BCUT2D eigenvalue weighted by atomic mass is 9.83. The van der Waals surface area contributed by atoms with Crippen LogP contribution in [0.4, 0.5) is 17.1 Å². The zero-order valence-electron chi connectivity index (χ0n) is 15.8. The predicted molar refractivity (Wildman–Crippen MR) is 124 cm³/mol. The monoisotopic (exact) mass is 397 g/mol. The van der Waals surface area contributed by atoms with E-state index in [1.54, 1.807) is 0 Å². The lowest BCUT2D eigenvalue weighted by molar-refractivity contribution is 0.664. The number of hydrogen-bond donors (Lipinski definition) is 0. The van der Waals surface area contributed by atoms with Crippen LogP contribution in [0.15, 0.2) is 78.9 Å². The molecule has 0 atom stereocenters. The number of anilines is 3. The van der Waals surface area contributed by atoms with Crippen molar-refractivity contribution in [1.29, 1.82) is 0 Å². The van der Waals surface area contributed by atoms with Gasteiger partial charge in [0.05, 0.1) is 11.4 Å². The number of hydrogen-bond acceptors (Lipinski definition) is 3. The van der Waals surface area contributed by atoms with Gasteiger partial charge in [0, 0.05) is 41.0 Å². The van der Waals surface area contributed by atoms with E-state index < -0.39 is 0 Å². The van der Waals surface area contributed by atoms with Gasteiger partial charge in [0.2, 0.25) is 0 Å². The first-order valence-electron chi connectivity index (χ1n) is 9.55. The summed E-state index contributed by atoms with van der Waals surface area (Å²) >= 11 is 3.89. The molecule has 1 aliphatic heterocycles. The molecule has 1 nitrogen and oxygen atoms in total. The van der Waals surface area contributed by atoms with Crippen LogP contribution in [0.3, 0.4) is 0 Å². The summed E-state index contributed by atoms with van der Waals surface area (Å²) in [5.74, 6) is 0. The van der Waals surface area contributed by atoms with Crippen molar-refractivity contribution in [2.24, 2.45) is 0 Å². The molecule has 2 aromatic heterocycles. The van der Waals surface area contributed by atoms with Crippen molar-refractivity contribution in [3.8, 4) is 0 Å². The predicted octanol–water partition coefficient (Wildman–Crippen LogP) is 8.23. The Hall–Kier alpha value is -2.62. The fourth-order valence-corrected chi connectivity index (χ4v) is 7.06. The molecule has 0 saturated heterocycles. The van der Waals surface area contributed by atoms with Crippen molar-refractivity contribution >= 4 is 59.9 Å². The third kappa shape index (κ3) is 2.06. The van der Waals surface area contributed by atoms with Gasteiger partial charge in [-0.2, -0.15) is 0 Å². The van der Waals surface area contributed by atoms with E-state index in [2.05, 4.69) is 97.6 Å². The van der Waals surface area contributed by atoms with E-state index in [-0.39, 0.29) is 5.41 Å². The Morgan fingerprint density at radius 3 is 1.61 bits per heavy atom. The van der Waals surface area contributed by atoms with Crippen LogP contribution in [-0.4, -0.2) is 0 Å². The maximum absolute atomic E-state index is 2.51. The average Bonchev–Trinajstić information content (AvgIpc) is 3.30. The first kappa shape index (κ1) is 16.3. The minimum atomic E-state index is -0.0106. The number of thiophene rings is 2. The third-order valence-corrected chi connectivity index (χ3v) is 8.70. The highest BCUT2D eigenvalue weighted by Gasteiger charge is 2.42. The van der Waals surface area contributed by atoms with Crippen LogP contribution in [0, 0.1) is 0 Å². The van der Waals surface area contributed by atoms with Gasteiger partial charge in [-0.15, -0.1) is 22.7 Å². The van der Waals surface area contributed by atoms with E-state index in [0.717, 1.165) is 0 Å². The maximum atomic E-state index is 2.51. The summed E-state index contributed by atoms with van der Waals surface area (Å²) < 4.78 is 2.72. The summed E-state index contributed by atoms with van der Waals surface area (Å²) in [6, 6.07) is 28.5. The fraction of sp³-hybridized carbons (Fsp3) is 0.120. The van der Waals surface area contributed by atoms with E-state index in [1.807, 2.05) is 22.7 Å². The van der Waals surface area contributed by atoms with E-state index in [0.29, 0.717) is 0 Å². The van der Waals surface area contributed by atoms with Crippen molar-refractivity contribution in [2.75, 3.05) is 4.90 Å². The highest BCUT2D eigenvalue weighted by molar-refractivity contribution is 7.22. The van der Waals surface area contributed by atoms with Gasteiger partial charge in [-0.25, -0.2) is 0 Å². The lowest BCUT2D eigenvalue weighted by Gasteiger charge is -2.38. The van der Waals surface area contributed by atoms with Crippen molar-refractivity contribution in [3.05, 3.63) is 88.6 Å². The number of rotatable bonds is 1. The third-order valence-electron chi connectivity index (χ3n) is 5.74. The fourth-order valence-electron chi connectivity index (χ4n) is 4.41. The van der Waals surface area contributed by atoms with E-state index >= 15 is 0 Å². The van der Waals surface area contributed by atoms with Gasteiger partial charge in [-0.3, -0.25) is 0 Å². The summed E-state index contributed by atoms with van der Waals surface area (Å²) in [6.07, 6.45) is 0. The number of nitrogens with zero attached hydrogens (tertiary/aromatic N) is 1. The molecule has 1 aliphatic rings. The second-order valence-corrected chi connectivity index (χ2v) is 9.95. The summed E-state index contributed by atoms with van der Waals surface area (Å²) in [7, 11) is 0. The van der Waals surface area contributed by atoms with Crippen LogP contribution in [0.5, 0.6) is 0 Å². The molecular weight excluding hydrogens is 378 g/mol. The second-order valence-electron chi connectivity index (χ2n) is 7.85. The number of benzene rings is 3. The van der Waals surface area contributed by atoms with Crippen molar-refractivity contribution in [3.63, 3.8) is 0 Å². The molecule has 0 unspecified atom stereocenters. The van der Waals surface area contributed by atoms with Gasteiger partial charge in [0.15, 0.2) is 0 Å². The molecule has 0 radical (unpaired) electrons. The van der Waals surface area contributed by atoms with Gasteiger partial charge in [-0.05, 0) is 38.1 Å². The molecule has 0 spiro atoms. The molecule has 0 aliphatic carbocycles. The Kier molecular flexibility index (Phi) is 3.32. The van der Waals surface area contributed by atoms with Crippen LogP contribution in [-0.2, 0) is 5.41 Å². The van der Waals surface area contributed by atoms with E-state index in [1.165, 1.54) is 47.0 Å². The van der Waals surface area contributed by atoms with Crippen molar-refractivity contribution in [1.82, 2.24) is 0 Å². The zero-order chi connectivity index (χ0) is 18.9. The molecule has 3 aromatic carbocycles. The maximum Gasteiger partial charge on any atom is 0.0689 e. The molecule has 28 heavy (non-hydrogen) atoms. The van der Waals surface area contributed by atoms with Gasteiger partial charge in [0.1, 0.15) is 0 Å². The quantitative estimate of drug-likeness (QED) is 0.275. The Morgan fingerprint density at radius 2 is 1.07 bits per heavy atom. The Bertz CT molecular complexity index is 1260. The highest BCUT2D eigenvalue weighted by Crippen LogP contribution is 2.61. The Labute approximate surface area is 172 Å². The summed E-state index contributed by atoms with van der Waals surface area (Å²) in [6.45, 7) is 4.77. The van der Waals surface area contributed by atoms with E-state index in [4.69, 9.17) is 0 Å². The molecule has 5 aromatic rings. The smallest absolute Gasteiger partial charge is 0.0689 e. The molecule has 0 saturated carbocycles. The van der Waals surface area contributed by atoms with Gasteiger partial charge < -0.3 is 4.90 Å². The van der Waals surface area contributed by atoms with Crippen LogP contribution in [0.25, 0.3) is 20.2 Å². The number of fused-ring (bicyclic) bond motifs is 6. The van der Waals surface area contributed by atoms with Crippen molar-refractivity contribution < 1.29 is 0 Å². The molecule has 136 valence electrons. The lowest BCUT2D eigenvalue weighted by Crippen LogP contribution is -2.27. The standard InChI is InChI=1S/C25H19NS2/c1-25(2)23-21(17-12-6-8-14-19(17)27-23)26(16-10-4-3-5-11-16)22-18-13-7-9-15-20(18)28-24(22)25/h3-15H,1-2H3. The van der Waals surface area contributed by atoms with E-state index in [9.17, 15) is 0 Å². The first-order chi connectivity index (χ1) is 13.7. The molecule has 3 heteroatoms. The largest absolute Gasteiger partial charge is 0.307 e. The first-order valence-corrected chi connectivity index (χ1v) is 11.2. The van der Waals surface area contributed by atoms with Crippen LogP contribution in [0.1, 0.15) is 23.6 Å². The zero-order valence-corrected chi connectivity index (χ0v) is 17.4. The molecule has 0 N–H and O–H groups in total.